The Labute approximate surface area is 166 Å². The van der Waals surface area contributed by atoms with Crippen molar-refractivity contribution in [2.45, 2.75) is 20.8 Å². The van der Waals surface area contributed by atoms with Crippen LogP contribution in [0.2, 0.25) is 0 Å². The van der Waals surface area contributed by atoms with Gasteiger partial charge in [-0.15, -0.1) is 11.3 Å². The van der Waals surface area contributed by atoms with E-state index in [1.807, 2.05) is 24.4 Å². The van der Waals surface area contributed by atoms with E-state index in [4.69, 9.17) is 4.74 Å². The second-order valence-corrected chi connectivity index (χ2v) is 7.24. The number of anilines is 1. The van der Waals surface area contributed by atoms with Crippen LogP contribution < -0.4 is 10.1 Å². The monoisotopic (exact) mass is 397 g/mol. The third-order valence-electron chi connectivity index (χ3n) is 4.28. The van der Waals surface area contributed by atoms with Crippen molar-refractivity contribution in [3.63, 3.8) is 0 Å². The summed E-state index contributed by atoms with van der Waals surface area (Å²) in [6, 6.07) is 10.4. The molecule has 0 spiro atoms. The Kier molecular flexibility index (Phi) is 5.70. The van der Waals surface area contributed by atoms with Crippen molar-refractivity contribution in [2.75, 3.05) is 11.9 Å². The highest BCUT2D eigenvalue weighted by molar-refractivity contribution is 7.14. The van der Waals surface area contributed by atoms with E-state index in [1.54, 1.807) is 6.92 Å². The summed E-state index contributed by atoms with van der Waals surface area (Å²) in [5.41, 5.74) is 4.77. The molecule has 1 heterocycles. The number of carbonyl (C=O) groups excluding carboxylic acids is 1. The number of aryl methyl sites for hydroxylation is 3. The Balaban J connectivity index is 1.60. The van der Waals surface area contributed by atoms with E-state index < -0.39 is 4.92 Å². The van der Waals surface area contributed by atoms with Crippen LogP contribution in [-0.2, 0) is 4.79 Å². The van der Waals surface area contributed by atoms with Crippen LogP contribution in [0.5, 0.6) is 5.75 Å². The van der Waals surface area contributed by atoms with Gasteiger partial charge in [-0.25, -0.2) is 4.98 Å². The molecule has 1 aromatic heterocycles. The number of nitrogens with one attached hydrogen (secondary N) is 1. The zero-order valence-corrected chi connectivity index (χ0v) is 16.5. The minimum Gasteiger partial charge on any atom is -0.483 e. The smallest absolute Gasteiger partial charge is 0.269 e. The topological polar surface area (TPSA) is 94.4 Å². The molecular formula is C20H19N3O4S. The van der Waals surface area contributed by atoms with Gasteiger partial charge in [-0.05, 0) is 49.6 Å². The number of nitrogens with zero attached hydrogens (tertiary/aromatic N) is 2. The Morgan fingerprint density at radius 2 is 1.93 bits per heavy atom. The van der Waals surface area contributed by atoms with Gasteiger partial charge in [0, 0.05) is 23.1 Å². The molecule has 0 bridgehead atoms. The molecule has 0 saturated carbocycles. The zero-order chi connectivity index (χ0) is 20.3. The standard InChI is InChI=1S/C20H19N3O4S/c1-12-4-5-15(8-13(12)2)17-11-28-20(21-17)22-19(24)10-27-18-7-6-16(23(25)26)9-14(18)3/h4-9,11H,10H2,1-3H3,(H,21,22,24). The van der Waals surface area contributed by atoms with Crippen LogP contribution >= 0.6 is 11.3 Å². The number of nitro benzene ring substituents is 1. The molecule has 28 heavy (non-hydrogen) atoms. The number of non-ortho nitro benzene ring substituents is 1. The molecule has 1 N–H and O–H groups in total. The fourth-order valence-electron chi connectivity index (χ4n) is 2.57. The highest BCUT2D eigenvalue weighted by Crippen LogP contribution is 2.27. The van der Waals surface area contributed by atoms with Crippen LogP contribution in [0.4, 0.5) is 10.8 Å². The maximum Gasteiger partial charge on any atom is 0.269 e. The predicted octanol–water partition coefficient (Wildman–Crippen LogP) is 4.66. The summed E-state index contributed by atoms with van der Waals surface area (Å²) < 4.78 is 5.47. The van der Waals surface area contributed by atoms with E-state index in [0.29, 0.717) is 16.4 Å². The summed E-state index contributed by atoms with van der Waals surface area (Å²) in [6.45, 7) is 5.58. The van der Waals surface area contributed by atoms with Gasteiger partial charge >= 0.3 is 0 Å². The van der Waals surface area contributed by atoms with Crippen LogP contribution in [0.25, 0.3) is 11.3 Å². The fraction of sp³-hybridized carbons (Fsp3) is 0.200. The first-order chi connectivity index (χ1) is 13.3. The molecule has 0 aliphatic carbocycles. The molecule has 0 radical (unpaired) electrons. The summed E-state index contributed by atoms with van der Waals surface area (Å²) in [5, 5.41) is 15.9. The summed E-state index contributed by atoms with van der Waals surface area (Å²) in [5.74, 6) is 0.0782. The van der Waals surface area contributed by atoms with Gasteiger partial charge in [0.15, 0.2) is 11.7 Å². The number of nitro groups is 1. The van der Waals surface area contributed by atoms with E-state index in [1.165, 1.54) is 40.7 Å². The third-order valence-corrected chi connectivity index (χ3v) is 5.04. The summed E-state index contributed by atoms with van der Waals surface area (Å²) in [6.07, 6.45) is 0. The summed E-state index contributed by atoms with van der Waals surface area (Å²) in [4.78, 5) is 26.9. The van der Waals surface area contributed by atoms with Crippen molar-refractivity contribution >= 4 is 28.1 Å². The minimum atomic E-state index is -0.473. The molecule has 0 aliphatic rings. The fourth-order valence-corrected chi connectivity index (χ4v) is 3.31. The van der Waals surface area contributed by atoms with Crippen molar-refractivity contribution in [1.29, 1.82) is 0 Å². The summed E-state index contributed by atoms with van der Waals surface area (Å²) >= 11 is 1.34. The van der Waals surface area contributed by atoms with E-state index in [9.17, 15) is 14.9 Å². The first-order valence-corrected chi connectivity index (χ1v) is 9.42. The van der Waals surface area contributed by atoms with Crippen molar-refractivity contribution < 1.29 is 14.5 Å². The lowest BCUT2D eigenvalue weighted by atomic mass is 10.1. The quantitative estimate of drug-likeness (QED) is 0.482. The molecule has 0 aliphatic heterocycles. The molecule has 7 nitrogen and oxygen atoms in total. The van der Waals surface area contributed by atoms with E-state index in [2.05, 4.69) is 23.3 Å². The van der Waals surface area contributed by atoms with Crippen molar-refractivity contribution in [3.8, 4) is 17.0 Å². The summed E-state index contributed by atoms with van der Waals surface area (Å²) in [7, 11) is 0. The number of carbonyl (C=O) groups is 1. The number of aromatic nitrogens is 1. The van der Waals surface area contributed by atoms with Crippen LogP contribution in [0, 0.1) is 30.9 Å². The van der Waals surface area contributed by atoms with E-state index in [-0.39, 0.29) is 18.2 Å². The number of ether oxygens (including phenoxy) is 1. The first kappa shape index (κ1) is 19.5. The van der Waals surface area contributed by atoms with Crippen LogP contribution in [-0.4, -0.2) is 22.4 Å². The SMILES string of the molecule is Cc1ccc(-c2csc(NC(=O)COc3ccc([N+](=O)[O-])cc3C)n2)cc1C. The minimum absolute atomic E-state index is 0.0176. The second-order valence-electron chi connectivity index (χ2n) is 6.38. The molecule has 144 valence electrons. The molecule has 1 amide bonds. The molecule has 2 aromatic carbocycles. The molecule has 0 fully saturated rings. The number of thiazole rings is 1. The third kappa shape index (κ3) is 4.52. The maximum atomic E-state index is 12.1. The van der Waals surface area contributed by atoms with Gasteiger partial charge in [-0.2, -0.15) is 0 Å². The van der Waals surface area contributed by atoms with Crippen LogP contribution in [0.3, 0.4) is 0 Å². The Morgan fingerprint density at radius 1 is 1.14 bits per heavy atom. The maximum absolute atomic E-state index is 12.1. The Hall–Kier alpha value is -3.26. The lowest BCUT2D eigenvalue weighted by Gasteiger charge is -2.08. The van der Waals surface area contributed by atoms with E-state index >= 15 is 0 Å². The Bertz CT molecular complexity index is 1050. The van der Waals surface area contributed by atoms with Gasteiger partial charge in [0.25, 0.3) is 11.6 Å². The normalized spacial score (nSPS) is 10.5. The van der Waals surface area contributed by atoms with Gasteiger partial charge in [-0.1, -0.05) is 12.1 Å². The number of hydrogen-bond donors (Lipinski definition) is 1. The number of amides is 1. The number of rotatable bonds is 6. The Morgan fingerprint density at radius 3 is 2.61 bits per heavy atom. The van der Waals surface area contributed by atoms with E-state index in [0.717, 1.165) is 11.3 Å². The largest absolute Gasteiger partial charge is 0.483 e. The van der Waals surface area contributed by atoms with Crippen LogP contribution in [0.1, 0.15) is 16.7 Å². The van der Waals surface area contributed by atoms with Crippen LogP contribution in [0.15, 0.2) is 41.8 Å². The van der Waals surface area contributed by atoms with Gasteiger partial charge in [0.05, 0.1) is 10.6 Å². The van der Waals surface area contributed by atoms with Gasteiger partial charge < -0.3 is 4.74 Å². The van der Waals surface area contributed by atoms with Crippen molar-refractivity contribution in [3.05, 3.63) is 68.6 Å². The molecule has 8 heteroatoms. The molecular weight excluding hydrogens is 378 g/mol. The number of benzene rings is 2. The molecule has 3 rings (SSSR count). The van der Waals surface area contributed by atoms with Gasteiger partial charge in [0.2, 0.25) is 0 Å². The molecule has 0 saturated heterocycles. The zero-order valence-electron chi connectivity index (χ0n) is 15.7. The highest BCUT2D eigenvalue weighted by Gasteiger charge is 2.12. The average Bonchev–Trinajstić information content (AvgIpc) is 3.11. The molecule has 0 atom stereocenters. The second kappa shape index (κ2) is 8.18. The lowest BCUT2D eigenvalue weighted by molar-refractivity contribution is -0.384. The first-order valence-electron chi connectivity index (χ1n) is 8.54. The molecule has 3 aromatic rings. The highest BCUT2D eigenvalue weighted by atomic mass is 32.1. The van der Waals surface area contributed by atoms with Crippen molar-refractivity contribution in [1.82, 2.24) is 4.98 Å². The average molecular weight is 397 g/mol. The lowest BCUT2D eigenvalue weighted by Crippen LogP contribution is -2.20. The molecule has 0 unspecified atom stereocenters. The van der Waals surface area contributed by atoms with Gasteiger partial charge in [-0.3, -0.25) is 20.2 Å². The van der Waals surface area contributed by atoms with Crippen molar-refractivity contribution in [2.24, 2.45) is 0 Å². The number of hydrogen-bond acceptors (Lipinski definition) is 6. The predicted molar refractivity (Wildman–Crippen MR) is 109 cm³/mol. The van der Waals surface area contributed by atoms with Gasteiger partial charge in [0.1, 0.15) is 5.75 Å².